The average molecular weight is 459 g/mol. The van der Waals surface area contributed by atoms with E-state index in [0.29, 0.717) is 17.3 Å². The molecule has 9 heteroatoms. The summed E-state index contributed by atoms with van der Waals surface area (Å²) in [5, 5.41) is 16.9. The van der Waals surface area contributed by atoms with Crippen molar-refractivity contribution in [2.24, 2.45) is 0 Å². The number of hydrogen-bond donors (Lipinski definition) is 1. The summed E-state index contributed by atoms with van der Waals surface area (Å²) >= 11 is 1.35. The van der Waals surface area contributed by atoms with E-state index in [2.05, 4.69) is 20.6 Å². The van der Waals surface area contributed by atoms with Gasteiger partial charge in [0.2, 0.25) is 5.91 Å². The highest BCUT2D eigenvalue weighted by molar-refractivity contribution is 7.99. The molecule has 0 radical (unpaired) electrons. The Kier molecular flexibility index (Phi) is 5.70. The summed E-state index contributed by atoms with van der Waals surface area (Å²) in [5.74, 6) is 1.00. The van der Waals surface area contributed by atoms with E-state index in [1.807, 2.05) is 78.3 Å². The maximum absolute atomic E-state index is 12.3. The predicted molar refractivity (Wildman–Crippen MR) is 127 cm³/mol. The molecule has 2 aromatic carbocycles. The molecule has 3 heterocycles. The van der Waals surface area contributed by atoms with Gasteiger partial charge in [0.25, 0.3) is 0 Å². The number of carbonyl (C=O) groups excluding carboxylic acids is 1. The lowest BCUT2D eigenvalue weighted by Crippen LogP contribution is -2.24. The van der Waals surface area contributed by atoms with Crippen LogP contribution >= 0.6 is 11.8 Å². The Labute approximate surface area is 194 Å². The number of rotatable bonds is 7. The predicted octanol–water partition coefficient (Wildman–Crippen LogP) is 3.77. The molecule has 166 valence electrons. The zero-order chi connectivity index (χ0) is 22.8. The van der Waals surface area contributed by atoms with Crippen molar-refractivity contribution in [3.8, 4) is 17.0 Å². The summed E-state index contributed by atoms with van der Waals surface area (Å²) in [7, 11) is 1.64. The fourth-order valence-corrected chi connectivity index (χ4v) is 4.23. The largest absolute Gasteiger partial charge is 0.497 e. The van der Waals surface area contributed by atoms with Crippen LogP contribution in [-0.4, -0.2) is 43.0 Å². The Morgan fingerprint density at radius 3 is 2.61 bits per heavy atom. The Bertz CT molecular complexity index is 1420. The van der Waals surface area contributed by atoms with Crippen LogP contribution in [0, 0.1) is 6.92 Å². The highest BCUT2D eigenvalue weighted by atomic mass is 32.2. The van der Waals surface area contributed by atoms with Crippen molar-refractivity contribution >= 4 is 28.8 Å². The molecule has 0 fully saturated rings. The van der Waals surface area contributed by atoms with Gasteiger partial charge in [-0.3, -0.25) is 9.20 Å². The van der Waals surface area contributed by atoms with Crippen LogP contribution in [0.1, 0.15) is 11.1 Å². The summed E-state index contributed by atoms with van der Waals surface area (Å²) in [5.41, 5.74) is 5.61. The molecule has 8 nitrogen and oxygen atoms in total. The maximum Gasteiger partial charge on any atom is 0.230 e. The van der Waals surface area contributed by atoms with Crippen LogP contribution < -0.4 is 10.1 Å². The number of hydrogen-bond acceptors (Lipinski definition) is 6. The molecule has 5 rings (SSSR count). The number of nitrogens with zero attached hydrogens (tertiary/aromatic N) is 5. The molecular weight excluding hydrogens is 436 g/mol. The first-order valence-corrected chi connectivity index (χ1v) is 11.4. The summed E-state index contributed by atoms with van der Waals surface area (Å²) < 4.78 is 8.89. The second-order valence-electron chi connectivity index (χ2n) is 7.61. The third-order valence-corrected chi connectivity index (χ3v) is 6.26. The molecule has 1 amide bonds. The Hall–Kier alpha value is -3.85. The molecule has 0 unspecified atom stereocenters. The quantitative estimate of drug-likeness (QED) is 0.374. The van der Waals surface area contributed by atoms with E-state index in [0.717, 1.165) is 28.1 Å². The highest BCUT2D eigenvalue weighted by Gasteiger charge is 2.14. The molecule has 0 spiro atoms. The summed E-state index contributed by atoms with van der Waals surface area (Å²) in [6, 6.07) is 17.9. The van der Waals surface area contributed by atoms with Gasteiger partial charge >= 0.3 is 0 Å². The number of ether oxygens (including phenoxy) is 1. The normalized spacial score (nSPS) is 11.2. The van der Waals surface area contributed by atoms with E-state index in [1.54, 1.807) is 11.6 Å². The van der Waals surface area contributed by atoms with Crippen LogP contribution in [0.3, 0.4) is 0 Å². The van der Waals surface area contributed by atoms with Gasteiger partial charge in [-0.25, -0.2) is 4.52 Å². The summed E-state index contributed by atoms with van der Waals surface area (Å²) in [6.45, 7) is 2.55. The molecule has 0 saturated heterocycles. The number of carbonyl (C=O) groups is 1. The standard InChI is InChI=1S/C24H22N6O2S/c1-16-3-5-17(6-4-16)14-25-22(31)15-33-24-27-26-23-21-13-20(28-30(21)12-11-29(23)24)18-7-9-19(32-2)10-8-18/h3-13H,14-15H2,1-2H3,(H,25,31). The van der Waals surface area contributed by atoms with Crippen molar-refractivity contribution in [3.63, 3.8) is 0 Å². The minimum absolute atomic E-state index is 0.0513. The molecule has 0 aliphatic rings. The molecule has 5 aromatic rings. The third-order valence-electron chi connectivity index (χ3n) is 5.31. The van der Waals surface area contributed by atoms with Gasteiger partial charge in [-0.15, -0.1) is 10.2 Å². The average Bonchev–Trinajstić information content (AvgIpc) is 3.46. The lowest BCUT2D eigenvalue weighted by atomic mass is 10.1. The number of fused-ring (bicyclic) bond motifs is 3. The zero-order valence-corrected chi connectivity index (χ0v) is 19.0. The van der Waals surface area contributed by atoms with Crippen molar-refractivity contribution in [3.05, 3.63) is 78.1 Å². The fraction of sp³-hybridized carbons (Fsp3) is 0.167. The number of amides is 1. The molecule has 0 aliphatic carbocycles. The van der Waals surface area contributed by atoms with Crippen LogP contribution in [0.2, 0.25) is 0 Å². The van der Waals surface area contributed by atoms with Crippen molar-refractivity contribution < 1.29 is 9.53 Å². The van der Waals surface area contributed by atoms with Gasteiger partial charge in [0.1, 0.15) is 11.3 Å². The number of aryl methyl sites for hydroxylation is 1. The Morgan fingerprint density at radius 2 is 1.85 bits per heavy atom. The second kappa shape index (κ2) is 8.95. The molecule has 0 aliphatic heterocycles. The summed E-state index contributed by atoms with van der Waals surface area (Å²) in [6.07, 6.45) is 3.72. The van der Waals surface area contributed by atoms with Crippen LogP contribution in [0.4, 0.5) is 0 Å². The number of nitrogens with one attached hydrogen (secondary N) is 1. The topological polar surface area (TPSA) is 85.8 Å². The first-order valence-electron chi connectivity index (χ1n) is 10.4. The molecule has 0 bridgehead atoms. The van der Waals surface area contributed by atoms with E-state index in [1.165, 1.54) is 17.3 Å². The maximum atomic E-state index is 12.3. The van der Waals surface area contributed by atoms with E-state index in [-0.39, 0.29) is 11.7 Å². The number of thioether (sulfide) groups is 1. The zero-order valence-electron chi connectivity index (χ0n) is 18.2. The van der Waals surface area contributed by atoms with E-state index in [9.17, 15) is 4.79 Å². The highest BCUT2D eigenvalue weighted by Crippen LogP contribution is 2.25. The van der Waals surface area contributed by atoms with Gasteiger partial charge in [-0.05, 0) is 42.8 Å². The Balaban J connectivity index is 1.30. The molecule has 3 aromatic heterocycles. The van der Waals surface area contributed by atoms with E-state index in [4.69, 9.17) is 4.74 Å². The fourth-order valence-electron chi connectivity index (χ4n) is 3.48. The Morgan fingerprint density at radius 1 is 1.06 bits per heavy atom. The van der Waals surface area contributed by atoms with Gasteiger partial charge in [0.05, 0.1) is 18.6 Å². The SMILES string of the molecule is COc1ccc(-c2cc3c4nnc(SCC(=O)NCc5ccc(C)cc5)n4ccn3n2)cc1. The van der Waals surface area contributed by atoms with Crippen LogP contribution in [0.25, 0.3) is 22.4 Å². The minimum Gasteiger partial charge on any atom is -0.497 e. The molecule has 0 atom stereocenters. The van der Waals surface area contributed by atoms with Crippen molar-refractivity contribution in [1.82, 2.24) is 29.5 Å². The van der Waals surface area contributed by atoms with Gasteiger partial charge in [-0.2, -0.15) is 5.10 Å². The van der Waals surface area contributed by atoms with Gasteiger partial charge < -0.3 is 10.1 Å². The molecule has 33 heavy (non-hydrogen) atoms. The van der Waals surface area contributed by atoms with E-state index >= 15 is 0 Å². The van der Waals surface area contributed by atoms with Gasteiger partial charge in [0, 0.05) is 24.5 Å². The van der Waals surface area contributed by atoms with Crippen molar-refractivity contribution in [2.75, 3.05) is 12.9 Å². The molecule has 0 saturated carbocycles. The minimum atomic E-state index is -0.0513. The lowest BCUT2D eigenvalue weighted by Gasteiger charge is -2.05. The smallest absolute Gasteiger partial charge is 0.230 e. The summed E-state index contributed by atoms with van der Waals surface area (Å²) in [4.78, 5) is 12.3. The number of methoxy groups -OCH3 is 1. The van der Waals surface area contributed by atoms with Gasteiger partial charge in [-0.1, -0.05) is 41.6 Å². The van der Waals surface area contributed by atoms with Crippen LogP contribution in [-0.2, 0) is 11.3 Å². The third kappa shape index (κ3) is 4.40. The lowest BCUT2D eigenvalue weighted by molar-refractivity contribution is -0.118. The van der Waals surface area contributed by atoms with E-state index < -0.39 is 0 Å². The number of aromatic nitrogens is 5. The first-order chi connectivity index (χ1) is 16.1. The molecular formula is C24H22N6O2S. The van der Waals surface area contributed by atoms with Crippen LogP contribution in [0.5, 0.6) is 5.75 Å². The van der Waals surface area contributed by atoms with Crippen LogP contribution in [0.15, 0.2) is 72.1 Å². The first kappa shape index (κ1) is 21.0. The molecule has 1 N–H and O–H groups in total. The second-order valence-corrected chi connectivity index (χ2v) is 8.56. The van der Waals surface area contributed by atoms with Gasteiger partial charge in [0.15, 0.2) is 10.8 Å². The van der Waals surface area contributed by atoms with Crippen molar-refractivity contribution in [2.45, 2.75) is 18.6 Å². The van der Waals surface area contributed by atoms with Crippen molar-refractivity contribution in [1.29, 1.82) is 0 Å². The monoisotopic (exact) mass is 458 g/mol. The number of benzene rings is 2.